The number of aliphatic hydroxyl groups excluding tert-OH is 1. The van der Waals surface area contributed by atoms with E-state index < -0.39 is 21.9 Å². The van der Waals surface area contributed by atoms with Crippen LogP contribution in [0.3, 0.4) is 0 Å². The number of thiocarbonyl (C=S) groups is 1. The van der Waals surface area contributed by atoms with Gasteiger partial charge in [0.05, 0.1) is 17.1 Å². The lowest BCUT2D eigenvalue weighted by Crippen LogP contribution is -2.39. The summed E-state index contributed by atoms with van der Waals surface area (Å²) in [6.45, 7) is 2.89. The molecule has 0 radical (unpaired) electrons. The molecule has 0 amide bonds. The normalized spacial score (nSPS) is 12.1. The number of sulfonamides is 1. The SMILES string of the molecule is CC(C)N(CCO)S(=O)(=O)c1cccc(F)c1C(N)=S. The van der Waals surface area contributed by atoms with Crippen LogP contribution in [-0.2, 0) is 10.0 Å². The maximum atomic E-state index is 13.8. The minimum Gasteiger partial charge on any atom is -0.395 e. The Morgan fingerprint density at radius 2 is 2.10 bits per heavy atom. The van der Waals surface area contributed by atoms with E-state index in [1.807, 2.05) is 0 Å². The first-order chi connectivity index (χ1) is 9.23. The molecular formula is C12H17FN2O3S2. The molecule has 112 valence electrons. The Labute approximate surface area is 123 Å². The minimum absolute atomic E-state index is 0.0900. The summed E-state index contributed by atoms with van der Waals surface area (Å²) < 4.78 is 40.0. The Bertz CT molecular complexity index is 603. The molecule has 3 N–H and O–H groups in total. The van der Waals surface area contributed by atoms with Crippen LogP contribution >= 0.6 is 12.2 Å². The van der Waals surface area contributed by atoms with Gasteiger partial charge in [0.1, 0.15) is 10.8 Å². The van der Waals surface area contributed by atoms with E-state index in [0.29, 0.717) is 0 Å². The predicted molar refractivity (Wildman–Crippen MR) is 78.4 cm³/mol. The molecule has 1 aromatic carbocycles. The lowest BCUT2D eigenvalue weighted by Gasteiger charge is -2.26. The van der Waals surface area contributed by atoms with Crippen LogP contribution in [0.1, 0.15) is 19.4 Å². The van der Waals surface area contributed by atoms with Gasteiger partial charge in [0.15, 0.2) is 0 Å². The van der Waals surface area contributed by atoms with Gasteiger partial charge in [-0.25, -0.2) is 12.8 Å². The fraction of sp³-hybridized carbons (Fsp3) is 0.417. The van der Waals surface area contributed by atoms with Crippen LogP contribution in [0, 0.1) is 5.82 Å². The number of benzene rings is 1. The van der Waals surface area contributed by atoms with E-state index in [9.17, 15) is 12.8 Å². The second-order valence-corrected chi connectivity index (χ2v) is 6.71. The summed E-state index contributed by atoms with van der Waals surface area (Å²) in [4.78, 5) is -0.610. The average molecular weight is 320 g/mol. The zero-order valence-corrected chi connectivity index (χ0v) is 12.8. The maximum absolute atomic E-state index is 13.8. The van der Waals surface area contributed by atoms with Gasteiger partial charge >= 0.3 is 0 Å². The zero-order chi connectivity index (χ0) is 15.5. The lowest BCUT2D eigenvalue weighted by molar-refractivity contribution is 0.236. The van der Waals surface area contributed by atoms with Gasteiger partial charge in [-0.05, 0) is 26.0 Å². The van der Waals surface area contributed by atoms with Crippen molar-refractivity contribution in [3.63, 3.8) is 0 Å². The fourth-order valence-electron chi connectivity index (χ4n) is 1.84. The molecule has 0 atom stereocenters. The third kappa shape index (κ3) is 3.32. The van der Waals surface area contributed by atoms with E-state index in [0.717, 1.165) is 10.4 Å². The summed E-state index contributed by atoms with van der Waals surface area (Å²) >= 11 is 4.73. The van der Waals surface area contributed by atoms with Crippen molar-refractivity contribution in [1.82, 2.24) is 4.31 Å². The first kappa shape index (κ1) is 17.0. The number of nitrogens with two attached hydrogens (primary N) is 1. The van der Waals surface area contributed by atoms with Crippen molar-refractivity contribution in [2.75, 3.05) is 13.2 Å². The third-order valence-electron chi connectivity index (χ3n) is 2.70. The highest BCUT2D eigenvalue weighted by atomic mass is 32.2. The van der Waals surface area contributed by atoms with E-state index in [-0.39, 0.29) is 28.6 Å². The van der Waals surface area contributed by atoms with Crippen LogP contribution in [-0.4, -0.2) is 42.0 Å². The molecule has 0 aliphatic rings. The molecule has 0 saturated heterocycles. The molecule has 1 aromatic rings. The highest BCUT2D eigenvalue weighted by molar-refractivity contribution is 7.89. The van der Waals surface area contributed by atoms with Gasteiger partial charge in [0, 0.05) is 12.6 Å². The third-order valence-corrected chi connectivity index (χ3v) is 5.03. The standard InChI is InChI=1S/C12H17FN2O3S2/c1-8(2)15(6-7-16)20(17,18)10-5-3-4-9(13)11(10)12(14)19/h3-5,8,16H,6-7H2,1-2H3,(H2,14,19). The van der Waals surface area contributed by atoms with Crippen molar-refractivity contribution in [2.45, 2.75) is 24.8 Å². The smallest absolute Gasteiger partial charge is 0.244 e. The number of aliphatic hydroxyl groups is 1. The monoisotopic (exact) mass is 320 g/mol. The van der Waals surface area contributed by atoms with E-state index in [1.54, 1.807) is 13.8 Å². The van der Waals surface area contributed by atoms with Crippen molar-refractivity contribution in [3.8, 4) is 0 Å². The molecule has 0 aromatic heterocycles. The Balaban J connectivity index is 3.49. The second kappa shape index (κ2) is 6.57. The summed E-state index contributed by atoms with van der Waals surface area (Å²) in [6.07, 6.45) is 0. The molecular weight excluding hydrogens is 303 g/mol. The molecule has 0 fully saturated rings. The first-order valence-corrected chi connectivity index (χ1v) is 7.79. The Hall–Kier alpha value is -1.09. The summed E-state index contributed by atoms with van der Waals surface area (Å²) in [5.74, 6) is -0.786. The molecule has 5 nitrogen and oxygen atoms in total. The number of hydrogen-bond donors (Lipinski definition) is 2. The highest BCUT2D eigenvalue weighted by Gasteiger charge is 2.30. The number of rotatable bonds is 6. The van der Waals surface area contributed by atoms with Gasteiger partial charge in [0.2, 0.25) is 10.0 Å². The van der Waals surface area contributed by atoms with Crippen LogP contribution in [0.25, 0.3) is 0 Å². The first-order valence-electron chi connectivity index (χ1n) is 5.94. The average Bonchev–Trinajstić information content (AvgIpc) is 2.34. The molecule has 8 heteroatoms. The number of halogens is 1. The lowest BCUT2D eigenvalue weighted by atomic mass is 10.2. The summed E-state index contributed by atoms with van der Waals surface area (Å²) in [5, 5.41) is 9.00. The molecule has 0 aliphatic carbocycles. The van der Waals surface area contributed by atoms with Crippen LogP contribution in [0.15, 0.2) is 23.1 Å². The molecule has 0 bridgehead atoms. The summed E-state index contributed by atoms with van der Waals surface area (Å²) in [7, 11) is -3.99. The zero-order valence-electron chi connectivity index (χ0n) is 11.2. The summed E-state index contributed by atoms with van der Waals surface area (Å²) in [6, 6.07) is 3.23. The van der Waals surface area contributed by atoms with Crippen LogP contribution in [0.4, 0.5) is 4.39 Å². The van der Waals surface area contributed by atoms with Crippen molar-refractivity contribution < 1.29 is 17.9 Å². The quantitative estimate of drug-likeness (QED) is 0.759. The highest BCUT2D eigenvalue weighted by Crippen LogP contribution is 2.24. The van der Waals surface area contributed by atoms with Gasteiger partial charge in [-0.3, -0.25) is 0 Å². The minimum atomic E-state index is -3.99. The molecule has 0 heterocycles. The molecule has 0 aliphatic heterocycles. The molecule has 0 unspecified atom stereocenters. The summed E-state index contributed by atoms with van der Waals surface area (Å²) in [5.41, 5.74) is 5.12. The van der Waals surface area contributed by atoms with Crippen LogP contribution in [0.2, 0.25) is 0 Å². The fourth-order valence-corrected chi connectivity index (χ4v) is 3.96. The topological polar surface area (TPSA) is 83.6 Å². The van der Waals surface area contributed by atoms with Crippen molar-refractivity contribution in [1.29, 1.82) is 0 Å². The van der Waals surface area contributed by atoms with Crippen molar-refractivity contribution >= 4 is 27.2 Å². The molecule has 20 heavy (non-hydrogen) atoms. The van der Waals surface area contributed by atoms with Gasteiger partial charge in [-0.1, -0.05) is 18.3 Å². The van der Waals surface area contributed by atoms with Gasteiger partial charge in [-0.15, -0.1) is 0 Å². The van der Waals surface area contributed by atoms with Gasteiger partial charge in [0.25, 0.3) is 0 Å². The Kier molecular flexibility index (Phi) is 5.58. The Morgan fingerprint density at radius 1 is 1.50 bits per heavy atom. The largest absolute Gasteiger partial charge is 0.395 e. The van der Waals surface area contributed by atoms with Crippen molar-refractivity contribution in [2.24, 2.45) is 5.73 Å². The predicted octanol–water partition coefficient (Wildman–Crippen LogP) is 0.851. The van der Waals surface area contributed by atoms with Gasteiger partial charge in [-0.2, -0.15) is 4.31 Å². The van der Waals surface area contributed by atoms with E-state index in [2.05, 4.69) is 0 Å². The number of nitrogens with zero attached hydrogens (tertiary/aromatic N) is 1. The Morgan fingerprint density at radius 3 is 2.55 bits per heavy atom. The molecule has 1 rings (SSSR count). The number of hydrogen-bond acceptors (Lipinski definition) is 4. The molecule has 0 spiro atoms. The van der Waals surface area contributed by atoms with Crippen molar-refractivity contribution in [3.05, 3.63) is 29.6 Å². The van der Waals surface area contributed by atoms with E-state index in [1.165, 1.54) is 12.1 Å². The van der Waals surface area contributed by atoms with E-state index in [4.69, 9.17) is 23.1 Å². The maximum Gasteiger partial charge on any atom is 0.244 e. The van der Waals surface area contributed by atoms with Crippen LogP contribution < -0.4 is 5.73 Å². The van der Waals surface area contributed by atoms with Gasteiger partial charge < -0.3 is 10.8 Å². The second-order valence-electron chi connectivity index (χ2n) is 4.41. The van der Waals surface area contributed by atoms with Crippen LogP contribution in [0.5, 0.6) is 0 Å². The van der Waals surface area contributed by atoms with E-state index >= 15 is 0 Å². The molecule has 0 saturated carbocycles.